The van der Waals surface area contributed by atoms with Gasteiger partial charge in [-0.3, -0.25) is 0 Å². The van der Waals surface area contributed by atoms with E-state index in [1.165, 1.54) is 0 Å². The van der Waals surface area contributed by atoms with Gasteiger partial charge in [-0.15, -0.1) is 0 Å². The van der Waals surface area contributed by atoms with Crippen molar-refractivity contribution in [1.29, 1.82) is 0 Å². The zero-order valence-electron chi connectivity index (χ0n) is 7.77. The van der Waals surface area contributed by atoms with Gasteiger partial charge in [-0.25, -0.2) is 0 Å². The number of nitrogens with two attached hydrogens (primary N) is 1. The van der Waals surface area contributed by atoms with Crippen LogP contribution in [0.15, 0.2) is 18.2 Å². The van der Waals surface area contributed by atoms with Crippen LogP contribution in [0.1, 0.15) is 11.6 Å². The largest absolute Gasteiger partial charge is 0.491 e. The highest BCUT2D eigenvalue weighted by atomic mass is 16.5. The van der Waals surface area contributed by atoms with Crippen molar-refractivity contribution in [3.63, 3.8) is 0 Å². The molecule has 1 aromatic rings. The van der Waals surface area contributed by atoms with E-state index in [2.05, 4.69) is 0 Å². The minimum atomic E-state index is -0.0307. The molecule has 0 spiro atoms. The maximum absolute atomic E-state index is 8.59. The van der Waals surface area contributed by atoms with Crippen molar-refractivity contribution < 1.29 is 14.6 Å². The second-order valence-electron chi connectivity index (χ2n) is 3.19. The Morgan fingerprint density at radius 3 is 3.21 bits per heavy atom. The Labute approximate surface area is 82.2 Å². The van der Waals surface area contributed by atoms with Crippen molar-refractivity contribution in [2.24, 2.45) is 5.73 Å². The summed E-state index contributed by atoms with van der Waals surface area (Å²) in [4.78, 5) is 0. The molecule has 1 aliphatic heterocycles. The molecule has 1 heterocycles. The fraction of sp³-hybridized carbons (Fsp3) is 0.400. The number of aliphatic hydroxyl groups is 1. The Hall–Kier alpha value is -1.26. The van der Waals surface area contributed by atoms with Crippen LogP contribution < -0.4 is 15.2 Å². The Balaban J connectivity index is 2.15. The first-order valence-corrected chi connectivity index (χ1v) is 4.57. The Bertz CT molecular complexity index is 327. The van der Waals surface area contributed by atoms with E-state index in [-0.39, 0.29) is 12.6 Å². The minimum absolute atomic E-state index is 0.0114. The van der Waals surface area contributed by atoms with Crippen LogP contribution >= 0.6 is 0 Å². The molecule has 0 bridgehead atoms. The SMILES string of the molecule is N[C@H]1COc2cc(OCCO)ccc21. The van der Waals surface area contributed by atoms with E-state index in [1.54, 1.807) is 6.07 Å². The van der Waals surface area contributed by atoms with Gasteiger partial charge in [0.25, 0.3) is 0 Å². The maximum atomic E-state index is 8.59. The number of benzene rings is 1. The van der Waals surface area contributed by atoms with Crippen LogP contribution in [0.25, 0.3) is 0 Å². The summed E-state index contributed by atoms with van der Waals surface area (Å²) in [6.07, 6.45) is 0. The minimum Gasteiger partial charge on any atom is -0.491 e. The smallest absolute Gasteiger partial charge is 0.127 e. The fourth-order valence-corrected chi connectivity index (χ4v) is 1.47. The highest BCUT2D eigenvalue weighted by Gasteiger charge is 2.20. The summed E-state index contributed by atoms with van der Waals surface area (Å²) in [5.41, 5.74) is 6.81. The second-order valence-corrected chi connectivity index (χ2v) is 3.19. The van der Waals surface area contributed by atoms with Crippen molar-refractivity contribution in [3.8, 4) is 11.5 Å². The zero-order chi connectivity index (χ0) is 9.97. The Kier molecular flexibility index (Phi) is 2.56. The van der Waals surface area contributed by atoms with Gasteiger partial charge in [-0.1, -0.05) is 0 Å². The van der Waals surface area contributed by atoms with Crippen LogP contribution in [-0.2, 0) is 0 Å². The van der Waals surface area contributed by atoms with Crippen molar-refractivity contribution in [2.75, 3.05) is 19.8 Å². The predicted molar refractivity (Wildman–Crippen MR) is 51.4 cm³/mol. The molecule has 0 amide bonds. The summed E-state index contributed by atoms with van der Waals surface area (Å²) in [5.74, 6) is 1.49. The van der Waals surface area contributed by atoms with E-state index in [0.29, 0.717) is 19.0 Å². The van der Waals surface area contributed by atoms with Gasteiger partial charge in [0.1, 0.15) is 24.7 Å². The quantitative estimate of drug-likeness (QED) is 0.735. The van der Waals surface area contributed by atoms with E-state index in [9.17, 15) is 0 Å². The molecule has 76 valence electrons. The first kappa shape index (κ1) is 9.30. The molecular weight excluding hydrogens is 182 g/mol. The van der Waals surface area contributed by atoms with Gasteiger partial charge < -0.3 is 20.3 Å². The summed E-state index contributed by atoms with van der Waals surface area (Å²) in [6, 6.07) is 5.51. The van der Waals surface area contributed by atoms with Gasteiger partial charge in [-0.2, -0.15) is 0 Å². The lowest BCUT2D eigenvalue weighted by atomic mass is 10.1. The first-order chi connectivity index (χ1) is 6.81. The normalized spacial score (nSPS) is 18.9. The number of aliphatic hydroxyl groups excluding tert-OH is 1. The molecule has 0 saturated carbocycles. The zero-order valence-corrected chi connectivity index (χ0v) is 7.77. The van der Waals surface area contributed by atoms with E-state index < -0.39 is 0 Å². The second kappa shape index (κ2) is 3.86. The highest BCUT2D eigenvalue weighted by molar-refractivity contribution is 5.44. The van der Waals surface area contributed by atoms with E-state index in [0.717, 1.165) is 11.3 Å². The molecule has 4 heteroatoms. The van der Waals surface area contributed by atoms with Crippen molar-refractivity contribution in [3.05, 3.63) is 23.8 Å². The number of hydrogen-bond donors (Lipinski definition) is 2. The van der Waals surface area contributed by atoms with Crippen LogP contribution in [0.4, 0.5) is 0 Å². The average Bonchev–Trinajstić information content (AvgIpc) is 2.57. The summed E-state index contributed by atoms with van der Waals surface area (Å²) >= 11 is 0. The molecule has 0 fully saturated rings. The lowest BCUT2D eigenvalue weighted by Crippen LogP contribution is -2.10. The monoisotopic (exact) mass is 195 g/mol. The van der Waals surface area contributed by atoms with Gasteiger partial charge in [-0.05, 0) is 12.1 Å². The molecule has 0 unspecified atom stereocenters. The molecule has 3 N–H and O–H groups in total. The lowest BCUT2D eigenvalue weighted by Gasteiger charge is -2.06. The summed E-state index contributed by atoms with van der Waals surface area (Å²) in [7, 11) is 0. The molecule has 14 heavy (non-hydrogen) atoms. The van der Waals surface area contributed by atoms with Gasteiger partial charge in [0.05, 0.1) is 12.6 Å². The predicted octanol–water partition coefficient (Wildman–Crippen LogP) is 0.450. The van der Waals surface area contributed by atoms with Gasteiger partial charge >= 0.3 is 0 Å². The molecule has 0 aliphatic carbocycles. The van der Waals surface area contributed by atoms with Gasteiger partial charge in [0.15, 0.2) is 0 Å². The van der Waals surface area contributed by atoms with Crippen molar-refractivity contribution in [2.45, 2.75) is 6.04 Å². The van der Waals surface area contributed by atoms with Crippen LogP contribution in [0.3, 0.4) is 0 Å². The summed E-state index contributed by atoms with van der Waals surface area (Å²) in [6.45, 7) is 0.834. The molecular formula is C10H13NO3. The topological polar surface area (TPSA) is 64.7 Å². The van der Waals surface area contributed by atoms with Gasteiger partial charge in [0, 0.05) is 11.6 Å². The van der Waals surface area contributed by atoms with Crippen LogP contribution in [-0.4, -0.2) is 24.9 Å². The molecule has 1 aliphatic rings. The summed E-state index contributed by atoms with van der Waals surface area (Å²) < 4.78 is 10.6. The lowest BCUT2D eigenvalue weighted by molar-refractivity contribution is 0.201. The molecule has 1 atom stereocenters. The fourth-order valence-electron chi connectivity index (χ4n) is 1.47. The third-order valence-electron chi connectivity index (χ3n) is 2.16. The third-order valence-corrected chi connectivity index (χ3v) is 2.16. The standard InChI is InChI=1S/C10H13NO3/c11-9-6-14-10-5-7(13-4-3-12)1-2-8(9)10/h1-2,5,9,12H,3-4,6,11H2/t9-/m0/s1. The van der Waals surface area contributed by atoms with E-state index >= 15 is 0 Å². The summed E-state index contributed by atoms with van der Waals surface area (Å²) in [5, 5.41) is 8.59. The van der Waals surface area contributed by atoms with Crippen molar-refractivity contribution in [1.82, 2.24) is 0 Å². The van der Waals surface area contributed by atoms with E-state index in [1.807, 2.05) is 12.1 Å². The van der Waals surface area contributed by atoms with Crippen LogP contribution in [0, 0.1) is 0 Å². The molecule has 0 aromatic heterocycles. The third kappa shape index (κ3) is 1.66. The van der Waals surface area contributed by atoms with Crippen LogP contribution in [0.5, 0.6) is 11.5 Å². The van der Waals surface area contributed by atoms with Crippen molar-refractivity contribution >= 4 is 0 Å². The first-order valence-electron chi connectivity index (χ1n) is 4.57. The molecule has 0 radical (unpaired) electrons. The highest BCUT2D eigenvalue weighted by Crippen LogP contribution is 2.33. The average molecular weight is 195 g/mol. The molecule has 2 rings (SSSR count). The number of fused-ring (bicyclic) bond motifs is 1. The molecule has 0 saturated heterocycles. The number of rotatable bonds is 3. The number of ether oxygens (including phenoxy) is 2. The molecule has 1 aromatic carbocycles. The Morgan fingerprint density at radius 2 is 2.43 bits per heavy atom. The maximum Gasteiger partial charge on any atom is 0.127 e. The van der Waals surface area contributed by atoms with Gasteiger partial charge in [0.2, 0.25) is 0 Å². The molecule has 4 nitrogen and oxygen atoms in total. The van der Waals surface area contributed by atoms with E-state index in [4.69, 9.17) is 20.3 Å². The number of hydrogen-bond acceptors (Lipinski definition) is 4. The van der Waals surface area contributed by atoms with Crippen LogP contribution in [0.2, 0.25) is 0 Å². The Morgan fingerprint density at radius 1 is 1.57 bits per heavy atom.